The summed E-state index contributed by atoms with van der Waals surface area (Å²) in [6.07, 6.45) is 6.21. The van der Waals surface area contributed by atoms with Gasteiger partial charge in [0, 0.05) is 12.5 Å². The summed E-state index contributed by atoms with van der Waals surface area (Å²) >= 11 is 0. The summed E-state index contributed by atoms with van der Waals surface area (Å²) in [7, 11) is 0. The standard InChI is InChI=1S/C13H23NO2/c1-2-6-11-10-16-13(15)12(11)9-14-7-4-3-5-8-14/h11-12H,2-10H2,1H3/t11-,12?/m0/s1. The van der Waals surface area contributed by atoms with E-state index in [1.54, 1.807) is 0 Å². The molecule has 2 atom stereocenters. The van der Waals surface area contributed by atoms with Crippen molar-refractivity contribution in [1.82, 2.24) is 4.90 Å². The Kier molecular flexibility index (Phi) is 4.22. The van der Waals surface area contributed by atoms with Crippen LogP contribution in [0.1, 0.15) is 39.0 Å². The maximum Gasteiger partial charge on any atom is 0.310 e. The second-order valence-corrected chi connectivity index (χ2v) is 5.15. The molecule has 2 saturated heterocycles. The first-order chi connectivity index (χ1) is 7.81. The molecule has 0 spiro atoms. The van der Waals surface area contributed by atoms with Crippen LogP contribution in [-0.4, -0.2) is 37.1 Å². The van der Waals surface area contributed by atoms with Gasteiger partial charge in [-0.05, 0) is 32.4 Å². The summed E-state index contributed by atoms with van der Waals surface area (Å²) in [6, 6.07) is 0. The number of cyclic esters (lactones) is 1. The number of hydrogen-bond acceptors (Lipinski definition) is 3. The molecule has 0 N–H and O–H groups in total. The van der Waals surface area contributed by atoms with Gasteiger partial charge in [-0.25, -0.2) is 0 Å². The average molecular weight is 225 g/mol. The third-order valence-electron chi connectivity index (χ3n) is 3.87. The Balaban J connectivity index is 1.87. The Bertz CT molecular complexity index is 236. The lowest BCUT2D eigenvalue weighted by atomic mass is 9.90. The van der Waals surface area contributed by atoms with Gasteiger partial charge in [-0.15, -0.1) is 0 Å². The van der Waals surface area contributed by atoms with Crippen LogP contribution in [0, 0.1) is 11.8 Å². The van der Waals surface area contributed by atoms with Crippen LogP contribution in [0.15, 0.2) is 0 Å². The van der Waals surface area contributed by atoms with E-state index >= 15 is 0 Å². The van der Waals surface area contributed by atoms with Crippen LogP contribution in [0.3, 0.4) is 0 Å². The zero-order chi connectivity index (χ0) is 11.4. The molecule has 3 nitrogen and oxygen atoms in total. The highest BCUT2D eigenvalue weighted by Crippen LogP contribution is 2.28. The van der Waals surface area contributed by atoms with Crippen molar-refractivity contribution >= 4 is 5.97 Å². The number of hydrogen-bond donors (Lipinski definition) is 0. The first-order valence-electron chi connectivity index (χ1n) is 6.70. The Morgan fingerprint density at radius 1 is 1.31 bits per heavy atom. The van der Waals surface area contributed by atoms with Crippen LogP contribution < -0.4 is 0 Å². The van der Waals surface area contributed by atoms with Crippen molar-refractivity contribution in [3.63, 3.8) is 0 Å². The van der Waals surface area contributed by atoms with Crippen LogP contribution in [-0.2, 0) is 9.53 Å². The average Bonchev–Trinajstić information content (AvgIpc) is 2.64. The van der Waals surface area contributed by atoms with Gasteiger partial charge in [-0.1, -0.05) is 19.8 Å². The molecule has 0 amide bonds. The van der Waals surface area contributed by atoms with Crippen LogP contribution in [0.4, 0.5) is 0 Å². The number of rotatable bonds is 4. The molecule has 16 heavy (non-hydrogen) atoms. The zero-order valence-electron chi connectivity index (χ0n) is 10.3. The van der Waals surface area contributed by atoms with Gasteiger partial charge in [-0.3, -0.25) is 4.79 Å². The first kappa shape index (κ1) is 11.9. The summed E-state index contributed by atoms with van der Waals surface area (Å²) in [5.41, 5.74) is 0. The van der Waals surface area contributed by atoms with E-state index in [1.807, 2.05) is 0 Å². The molecule has 0 saturated carbocycles. The van der Waals surface area contributed by atoms with E-state index in [0.29, 0.717) is 12.5 Å². The quantitative estimate of drug-likeness (QED) is 0.686. The number of piperidine rings is 1. The van der Waals surface area contributed by atoms with Crippen LogP contribution in [0.5, 0.6) is 0 Å². The highest BCUT2D eigenvalue weighted by Gasteiger charge is 2.37. The number of esters is 1. The fraction of sp³-hybridized carbons (Fsp3) is 0.923. The van der Waals surface area contributed by atoms with Gasteiger partial charge < -0.3 is 9.64 Å². The van der Waals surface area contributed by atoms with Crippen molar-refractivity contribution < 1.29 is 9.53 Å². The van der Waals surface area contributed by atoms with E-state index in [-0.39, 0.29) is 11.9 Å². The second kappa shape index (κ2) is 5.67. The molecule has 2 aliphatic heterocycles. The summed E-state index contributed by atoms with van der Waals surface area (Å²) in [4.78, 5) is 14.1. The lowest BCUT2D eigenvalue weighted by Crippen LogP contribution is -2.37. The van der Waals surface area contributed by atoms with Crippen LogP contribution >= 0.6 is 0 Å². The summed E-state index contributed by atoms with van der Waals surface area (Å²) < 4.78 is 5.21. The molecule has 2 aliphatic rings. The molecular weight excluding hydrogens is 202 g/mol. The zero-order valence-corrected chi connectivity index (χ0v) is 10.3. The lowest BCUT2D eigenvalue weighted by molar-refractivity contribution is -0.141. The molecule has 2 fully saturated rings. The van der Waals surface area contributed by atoms with E-state index in [0.717, 1.165) is 19.4 Å². The molecule has 2 heterocycles. The number of nitrogens with zero attached hydrogens (tertiary/aromatic N) is 1. The maximum atomic E-state index is 11.7. The highest BCUT2D eigenvalue weighted by molar-refractivity contribution is 5.75. The molecule has 2 rings (SSSR count). The molecule has 1 unspecified atom stereocenters. The van der Waals surface area contributed by atoms with Crippen LogP contribution in [0.2, 0.25) is 0 Å². The van der Waals surface area contributed by atoms with Gasteiger partial charge in [0.2, 0.25) is 0 Å². The van der Waals surface area contributed by atoms with E-state index in [4.69, 9.17) is 4.74 Å². The van der Waals surface area contributed by atoms with E-state index in [2.05, 4.69) is 11.8 Å². The minimum atomic E-state index is 0.0454. The third-order valence-corrected chi connectivity index (χ3v) is 3.87. The van der Waals surface area contributed by atoms with Crippen molar-refractivity contribution in [1.29, 1.82) is 0 Å². The smallest absolute Gasteiger partial charge is 0.310 e. The van der Waals surface area contributed by atoms with Crippen molar-refractivity contribution in [2.75, 3.05) is 26.2 Å². The summed E-state index contributed by atoms with van der Waals surface area (Å²) in [6.45, 7) is 6.11. The highest BCUT2D eigenvalue weighted by atomic mass is 16.5. The van der Waals surface area contributed by atoms with Gasteiger partial charge in [-0.2, -0.15) is 0 Å². The summed E-state index contributed by atoms with van der Waals surface area (Å²) in [5, 5.41) is 0. The topological polar surface area (TPSA) is 29.5 Å². The van der Waals surface area contributed by atoms with Gasteiger partial charge in [0.25, 0.3) is 0 Å². The molecule has 0 radical (unpaired) electrons. The van der Waals surface area contributed by atoms with Crippen molar-refractivity contribution in [3.8, 4) is 0 Å². The molecule has 92 valence electrons. The van der Waals surface area contributed by atoms with Gasteiger partial charge in [0.1, 0.15) is 0 Å². The Morgan fingerprint density at radius 3 is 2.75 bits per heavy atom. The first-order valence-corrected chi connectivity index (χ1v) is 6.70. The van der Waals surface area contributed by atoms with E-state index in [1.165, 1.54) is 32.4 Å². The minimum Gasteiger partial charge on any atom is -0.465 e. The van der Waals surface area contributed by atoms with E-state index < -0.39 is 0 Å². The predicted octanol–water partition coefficient (Wildman–Crippen LogP) is 2.06. The summed E-state index contributed by atoms with van der Waals surface area (Å²) in [5.74, 6) is 0.668. The Hall–Kier alpha value is -0.570. The molecular formula is C13H23NO2. The number of ether oxygens (including phenoxy) is 1. The molecule has 0 aliphatic carbocycles. The number of carbonyl (C=O) groups excluding carboxylic acids is 1. The van der Waals surface area contributed by atoms with Crippen LogP contribution in [0.25, 0.3) is 0 Å². The second-order valence-electron chi connectivity index (χ2n) is 5.15. The molecule has 0 aromatic heterocycles. The number of carbonyl (C=O) groups is 1. The van der Waals surface area contributed by atoms with Crippen molar-refractivity contribution in [2.24, 2.45) is 11.8 Å². The third kappa shape index (κ3) is 2.76. The largest absolute Gasteiger partial charge is 0.465 e. The molecule has 0 aromatic rings. The number of likely N-dealkylation sites (tertiary alicyclic amines) is 1. The van der Waals surface area contributed by atoms with Gasteiger partial charge in [0.15, 0.2) is 0 Å². The minimum absolute atomic E-state index is 0.0454. The van der Waals surface area contributed by atoms with Gasteiger partial charge >= 0.3 is 5.97 Å². The molecule has 0 bridgehead atoms. The lowest BCUT2D eigenvalue weighted by Gasteiger charge is -2.29. The van der Waals surface area contributed by atoms with Crippen molar-refractivity contribution in [3.05, 3.63) is 0 Å². The SMILES string of the molecule is CCC[C@H]1COC(=O)C1CN1CCCCC1. The molecule has 0 aromatic carbocycles. The van der Waals surface area contributed by atoms with E-state index in [9.17, 15) is 4.79 Å². The van der Waals surface area contributed by atoms with Gasteiger partial charge in [0.05, 0.1) is 12.5 Å². The van der Waals surface area contributed by atoms with Crippen molar-refractivity contribution in [2.45, 2.75) is 39.0 Å². The Labute approximate surface area is 98.1 Å². The fourth-order valence-corrected chi connectivity index (χ4v) is 2.90. The normalized spacial score (nSPS) is 31.7. The maximum absolute atomic E-state index is 11.7. The predicted molar refractivity (Wildman–Crippen MR) is 63.1 cm³/mol. The molecule has 3 heteroatoms. The Morgan fingerprint density at radius 2 is 2.06 bits per heavy atom. The monoisotopic (exact) mass is 225 g/mol. The fourth-order valence-electron chi connectivity index (χ4n) is 2.90.